The van der Waals surface area contributed by atoms with E-state index in [1.165, 1.54) is 7.11 Å². The highest BCUT2D eigenvalue weighted by Crippen LogP contribution is 2.04. The number of rotatable bonds is 7. The Morgan fingerprint density at radius 2 is 1.95 bits per heavy atom. The van der Waals surface area contributed by atoms with Crippen molar-refractivity contribution < 1.29 is 19.1 Å². The summed E-state index contributed by atoms with van der Waals surface area (Å²) in [6.45, 7) is 2.19. The molecule has 0 aromatic heterocycles. The van der Waals surface area contributed by atoms with Crippen LogP contribution < -0.4 is 5.32 Å². The lowest BCUT2D eigenvalue weighted by Gasteiger charge is -2.16. The van der Waals surface area contributed by atoms with Crippen molar-refractivity contribution >= 4 is 12.1 Å². The standard InChI is InChI=1S/C15H21NO4/c1-3-4-10-13(14(17)19-2)16-15(18)20-11-12-8-6-5-7-9-12/h5-9,13H,3-4,10-11H2,1-2H3,(H,16,18)/t13-/m0/s1. The number of nitrogens with one attached hydrogen (secondary N) is 1. The van der Waals surface area contributed by atoms with Crippen LogP contribution in [0.5, 0.6) is 0 Å². The van der Waals surface area contributed by atoms with Crippen molar-refractivity contribution in [2.24, 2.45) is 0 Å². The molecule has 0 bridgehead atoms. The topological polar surface area (TPSA) is 64.6 Å². The Morgan fingerprint density at radius 1 is 1.25 bits per heavy atom. The van der Waals surface area contributed by atoms with E-state index in [0.717, 1.165) is 18.4 Å². The van der Waals surface area contributed by atoms with Gasteiger partial charge in [-0.25, -0.2) is 9.59 Å². The predicted molar refractivity (Wildman–Crippen MR) is 75.1 cm³/mol. The van der Waals surface area contributed by atoms with Crippen molar-refractivity contribution in [2.45, 2.75) is 38.8 Å². The summed E-state index contributed by atoms with van der Waals surface area (Å²) in [4.78, 5) is 23.2. The van der Waals surface area contributed by atoms with E-state index in [2.05, 4.69) is 10.1 Å². The molecule has 1 aromatic carbocycles. The number of amides is 1. The van der Waals surface area contributed by atoms with Crippen LogP contribution >= 0.6 is 0 Å². The molecule has 1 N–H and O–H groups in total. The first-order valence-corrected chi connectivity index (χ1v) is 6.72. The number of hydrogen-bond acceptors (Lipinski definition) is 4. The molecule has 1 amide bonds. The van der Waals surface area contributed by atoms with E-state index >= 15 is 0 Å². The van der Waals surface area contributed by atoms with Gasteiger partial charge in [-0.05, 0) is 12.0 Å². The third-order valence-corrected chi connectivity index (χ3v) is 2.84. The van der Waals surface area contributed by atoms with Gasteiger partial charge in [0.1, 0.15) is 12.6 Å². The summed E-state index contributed by atoms with van der Waals surface area (Å²) in [5, 5.41) is 2.54. The fourth-order valence-electron chi connectivity index (χ4n) is 1.71. The second-order valence-electron chi connectivity index (χ2n) is 4.42. The molecule has 0 saturated heterocycles. The van der Waals surface area contributed by atoms with E-state index in [1.807, 2.05) is 37.3 Å². The lowest BCUT2D eigenvalue weighted by molar-refractivity contribution is -0.143. The molecule has 110 valence electrons. The number of carbonyl (C=O) groups excluding carboxylic acids is 2. The SMILES string of the molecule is CCCC[C@H](NC(=O)OCc1ccccc1)C(=O)OC. The molecule has 5 nitrogen and oxygen atoms in total. The fourth-order valence-corrected chi connectivity index (χ4v) is 1.71. The van der Waals surface area contributed by atoms with E-state index in [9.17, 15) is 9.59 Å². The largest absolute Gasteiger partial charge is 0.467 e. The molecule has 0 saturated carbocycles. The second-order valence-corrected chi connectivity index (χ2v) is 4.42. The summed E-state index contributed by atoms with van der Waals surface area (Å²) < 4.78 is 9.74. The lowest BCUT2D eigenvalue weighted by Crippen LogP contribution is -2.41. The molecule has 0 fully saturated rings. The van der Waals surface area contributed by atoms with Crippen molar-refractivity contribution in [3.63, 3.8) is 0 Å². The maximum absolute atomic E-state index is 11.7. The number of alkyl carbamates (subject to hydrolysis) is 1. The zero-order chi connectivity index (χ0) is 14.8. The summed E-state index contributed by atoms with van der Waals surface area (Å²) in [5.41, 5.74) is 0.894. The molecule has 5 heteroatoms. The molecule has 0 radical (unpaired) electrons. The molecular weight excluding hydrogens is 258 g/mol. The van der Waals surface area contributed by atoms with Gasteiger partial charge in [-0.3, -0.25) is 0 Å². The molecule has 20 heavy (non-hydrogen) atoms. The maximum atomic E-state index is 11.7. The van der Waals surface area contributed by atoms with Crippen molar-refractivity contribution in [3.05, 3.63) is 35.9 Å². The van der Waals surface area contributed by atoms with E-state index < -0.39 is 18.1 Å². The first-order valence-electron chi connectivity index (χ1n) is 6.72. The Hall–Kier alpha value is -2.04. The van der Waals surface area contributed by atoms with Gasteiger partial charge in [0.2, 0.25) is 0 Å². The number of unbranched alkanes of at least 4 members (excludes halogenated alkanes) is 1. The Labute approximate surface area is 119 Å². The fraction of sp³-hybridized carbons (Fsp3) is 0.467. The molecule has 0 unspecified atom stereocenters. The minimum atomic E-state index is -0.650. The first kappa shape index (κ1) is 16.0. The number of methoxy groups -OCH3 is 1. The minimum absolute atomic E-state index is 0.175. The van der Waals surface area contributed by atoms with Crippen LogP contribution in [0, 0.1) is 0 Å². The van der Waals surface area contributed by atoms with Gasteiger partial charge >= 0.3 is 12.1 Å². The first-order chi connectivity index (χ1) is 9.67. The second kappa shape index (κ2) is 8.96. The average Bonchev–Trinajstić information content (AvgIpc) is 2.49. The van der Waals surface area contributed by atoms with Crippen LogP contribution in [0.2, 0.25) is 0 Å². The highest BCUT2D eigenvalue weighted by Gasteiger charge is 2.21. The van der Waals surface area contributed by atoms with Crippen molar-refractivity contribution in [2.75, 3.05) is 7.11 Å². The minimum Gasteiger partial charge on any atom is -0.467 e. The molecular formula is C15H21NO4. The number of benzene rings is 1. The van der Waals surface area contributed by atoms with Gasteiger partial charge in [-0.1, -0.05) is 50.1 Å². The molecule has 0 spiro atoms. The third-order valence-electron chi connectivity index (χ3n) is 2.84. The van der Waals surface area contributed by atoms with Crippen LogP contribution in [-0.4, -0.2) is 25.2 Å². The van der Waals surface area contributed by atoms with Crippen LogP contribution in [0.1, 0.15) is 31.7 Å². The molecule has 0 heterocycles. The van der Waals surface area contributed by atoms with E-state index in [-0.39, 0.29) is 6.61 Å². The van der Waals surface area contributed by atoms with Crippen LogP contribution in [0.3, 0.4) is 0 Å². The monoisotopic (exact) mass is 279 g/mol. The predicted octanol–water partition coefficient (Wildman–Crippen LogP) is 2.64. The summed E-state index contributed by atoms with van der Waals surface area (Å²) >= 11 is 0. The van der Waals surface area contributed by atoms with Crippen LogP contribution in [0.25, 0.3) is 0 Å². The van der Waals surface area contributed by atoms with Gasteiger partial charge in [0.15, 0.2) is 0 Å². The summed E-state index contributed by atoms with van der Waals surface area (Å²) in [5.74, 6) is -0.449. The Morgan fingerprint density at radius 3 is 2.55 bits per heavy atom. The van der Waals surface area contributed by atoms with Crippen LogP contribution in [0.15, 0.2) is 30.3 Å². The van der Waals surface area contributed by atoms with E-state index in [4.69, 9.17) is 4.74 Å². The number of ether oxygens (including phenoxy) is 2. The van der Waals surface area contributed by atoms with Gasteiger partial charge in [-0.15, -0.1) is 0 Å². The molecule has 1 aromatic rings. The Balaban J connectivity index is 2.43. The summed E-state index contributed by atoms with van der Waals surface area (Å²) in [6.07, 6.45) is 1.71. The molecule has 0 aliphatic heterocycles. The van der Waals surface area contributed by atoms with Gasteiger partial charge in [0.05, 0.1) is 7.11 Å². The number of hydrogen-bond donors (Lipinski definition) is 1. The van der Waals surface area contributed by atoms with E-state index in [0.29, 0.717) is 6.42 Å². The Bertz CT molecular complexity index is 419. The Kier molecular flexibility index (Phi) is 7.17. The number of carbonyl (C=O) groups is 2. The van der Waals surface area contributed by atoms with Crippen molar-refractivity contribution in [1.29, 1.82) is 0 Å². The summed E-state index contributed by atoms with van der Waals surface area (Å²) in [7, 11) is 1.30. The third kappa shape index (κ3) is 5.73. The highest BCUT2D eigenvalue weighted by molar-refractivity contribution is 5.81. The lowest BCUT2D eigenvalue weighted by atomic mass is 10.1. The van der Waals surface area contributed by atoms with Gasteiger partial charge in [-0.2, -0.15) is 0 Å². The smallest absolute Gasteiger partial charge is 0.408 e. The van der Waals surface area contributed by atoms with E-state index in [1.54, 1.807) is 0 Å². The highest BCUT2D eigenvalue weighted by atomic mass is 16.6. The molecule has 1 atom stereocenters. The molecule has 1 rings (SSSR count). The molecule has 0 aliphatic rings. The van der Waals surface area contributed by atoms with Crippen LogP contribution in [-0.2, 0) is 20.9 Å². The average molecular weight is 279 g/mol. The van der Waals surface area contributed by atoms with Gasteiger partial charge < -0.3 is 14.8 Å². The quantitative estimate of drug-likeness (QED) is 0.779. The van der Waals surface area contributed by atoms with Crippen LogP contribution in [0.4, 0.5) is 4.79 Å². The van der Waals surface area contributed by atoms with Crippen molar-refractivity contribution in [1.82, 2.24) is 5.32 Å². The normalized spacial score (nSPS) is 11.5. The van der Waals surface area contributed by atoms with Gasteiger partial charge in [0, 0.05) is 0 Å². The zero-order valence-corrected chi connectivity index (χ0v) is 11.9. The van der Waals surface area contributed by atoms with Gasteiger partial charge in [0.25, 0.3) is 0 Å². The molecule has 0 aliphatic carbocycles. The maximum Gasteiger partial charge on any atom is 0.408 e. The number of esters is 1. The summed E-state index contributed by atoms with van der Waals surface area (Å²) in [6, 6.07) is 8.71. The van der Waals surface area contributed by atoms with Crippen molar-refractivity contribution in [3.8, 4) is 0 Å². The zero-order valence-electron chi connectivity index (χ0n) is 11.9.